The first-order valence-electron chi connectivity index (χ1n) is 8.22. The molecule has 3 aromatic rings. The smallest absolute Gasteiger partial charge is 0.300 e. The third kappa shape index (κ3) is 3.72. The molecule has 0 aliphatic heterocycles. The number of nitrogens with zero attached hydrogens (tertiary/aromatic N) is 4. The Kier molecular flexibility index (Phi) is 5.15. The molecule has 6 nitrogen and oxygen atoms in total. The minimum absolute atomic E-state index is 0.209. The van der Waals surface area contributed by atoms with Crippen LogP contribution in [0.25, 0.3) is 10.2 Å². The molecule has 3 rings (SSSR count). The van der Waals surface area contributed by atoms with Gasteiger partial charge in [0, 0.05) is 25.9 Å². The second kappa shape index (κ2) is 7.33. The Labute approximate surface area is 150 Å². The summed E-state index contributed by atoms with van der Waals surface area (Å²) in [5.74, 6) is -0.325. The van der Waals surface area contributed by atoms with Gasteiger partial charge >= 0.3 is 0 Å². The van der Waals surface area contributed by atoms with Crippen molar-refractivity contribution in [2.45, 2.75) is 33.4 Å². The van der Waals surface area contributed by atoms with Gasteiger partial charge in [-0.25, -0.2) is 0 Å². The van der Waals surface area contributed by atoms with Crippen molar-refractivity contribution in [3.05, 3.63) is 46.5 Å². The molecule has 0 saturated heterocycles. The molecule has 2 heterocycles. The van der Waals surface area contributed by atoms with Crippen LogP contribution in [0.3, 0.4) is 0 Å². The highest BCUT2D eigenvalue weighted by molar-refractivity contribution is 7.16. The third-order valence-corrected chi connectivity index (χ3v) is 4.95. The van der Waals surface area contributed by atoms with E-state index in [4.69, 9.17) is 4.74 Å². The minimum Gasteiger partial charge on any atom is -0.383 e. The van der Waals surface area contributed by atoms with Gasteiger partial charge in [0.2, 0.25) is 0 Å². The molecule has 0 radical (unpaired) electrons. The number of ether oxygens (including phenoxy) is 1. The SMILES string of the molecule is COCCn1c(=NC(=O)c2ccn(C(C)C)n2)sc2cc(C)ccc21. The Morgan fingerprint density at radius 2 is 2.16 bits per heavy atom. The fraction of sp³-hybridized carbons (Fsp3) is 0.389. The lowest BCUT2D eigenvalue weighted by Crippen LogP contribution is -2.19. The fourth-order valence-electron chi connectivity index (χ4n) is 2.55. The quantitative estimate of drug-likeness (QED) is 0.704. The van der Waals surface area contributed by atoms with Crippen LogP contribution in [0.15, 0.2) is 35.5 Å². The summed E-state index contributed by atoms with van der Waals surface area (Å²) in [5, 5.41) is 4.31. The highest BCUT2D eigenvalue weighted by Crippen LogP contribution is 2.19. The van der Waals surface area contributed by atoms with E-state index in [2.05, 4.69) is 35.2 Å². The van der Waals surface area contributed by atoms with E-state index < -0.39 is 0 Å². The largest absolute Gasteiger partial charge is 0.383 e. The van der Waals surface area contributed by atoms with Gasteiger partial charge < -0.3 is 9.30 Å². The lowest BCUT2D eigenvalue weighted by atomic mass is 10.2. The number of fused-ring (bicyclic) bond motifs is 1. The van der Waals surface area contributed by atoms with Crippen LogP contribution in [0, 0.1) is 6.92 Å². The van der Waals surface area contributed by atoms with Crippen molar-refractivity contribution < 1.29 is 9.53 Å². The molecule has 2 aromatic heterocycles. The van der Waals surface area contributed by atoms with E-state index in [9.17, 15) is 4.79 Å². The maximum atomic E-state index is 12.5. The predicted molar refractivity (Wildman–Crippen MR) is 98.9 cm³/mol. The predicted octanol–water partition coefficient (Wildman–Crippen LogP) is 3.18. The van der Waals surface area contributed by atoms with Crippen LogP contribution in [0.2, 0.25) is 0 Å². The van der Waals surface area contributed by atoms with E-state index >= 15 is 0 Å². The first-order valence-corrected chi connectivity index (χ1v) is 9.04. The molecule has 1 aromatic carbocycles. The van der Waals surface area contributed by atoms with Crippen molar-refractivity contribution in [1.29, 1.82) is 0 Å². The van der Waals surface area contributed by atoms with Crippen LogP contribution in [-0.4, -0.2) is 34.0 Å². The van der Waals surface area contributed by atoms with E-state index in [1.54, 1.807) is 24.1 Å². The number of aryl methyl sites for hydroxylation is 1. The van der Waals surface area contributed by atoms with Gasteiger partial charge in [-0.05, 0) is 44.5 Å². The Bertz CT molecular complexity index is 965. The molecule has 0 aliphatic rings. The molecule has 0 atom stereocenters. The van der Waals surface area contributed by atoms with Crippen LogP contribution in [0.4, 0.5) is 0 Å². The van der Waals surface area contributed by atoms with Gasteiger partial charge in [-0.1, -0.05) is 17.4 Å². The number of methoxy groups -OCH3 is 1. The summed E-state index contributed by atoms with van der Waals surface area (Å²) in [6.45, 7) is 7.30. The van der Waals surface area contributed by atoms with E-state index in [1.807, 2.05) is 18.4 Å². The summed E-state index contributed by atoms with van der Waals surface area (Å²) in [5.41, 5.74) is 2.61. The fourth-order valence-corrected chi connectivity index (χ4v) is 3.70. The van der Waals surface area contributed by atoms with Gasteiger partial charge in [0.15, 0.2) is 10.5 Å². The lowest BCUT2D eigenvalue weighted by Gasteiger charge is -2.04. The molecule has 132 valence electrons. The van der Waals surface area contributed by atoms with Gasteiger partial charge in [-0.15, -0.1) is 0 Å². The summed E-state index contributed by atoms with van der Waals surface area (Å²) < 4.78 is 10.1. The van der Waals surface area contributed by atoms with Crippen LogP contribution in [-0.2, 0) is 11.3 Å². The number of hydrogen-bond acceptors (Lipinski definition) is 4. The Hall–Kier alpha value is -2.25. The summed E-state index contributed by atoms with van der Waals surface area (Å²) in [6.07, 6.45) is 1.81. The number of carbonyl (C=O) groups is 1. The number of aromatic nitrogens is 3. The van der Waals surface area contributed by atoms with Crippen molar-refractivity contribution >= 4 is 27.5 Å². The molecular formula is C18H22N4O2S. The number of thiazole rings is 1. The van der Waals surface area contributed by atoms with Crippen molar-refractivity contribution in [2.24, 2.45) is 4.99 Å². The van der Waals surface area contributed by atoms with Gasteiger partial charge in [-0.2, -0.15) is 10.1 Å². The number of rotatable bonds is 5. The maximum Gasteiger partial charge on any atom is 0.300 e. The molecule has 0 spiro atoms. The molecule has 1 amide bonds. The third-order valence-electron chi connectivity index (χ3n) is 3.91. The summed E-state index contributed by atoms with van der Waals surface area (Å²) in [4.78, 5) is 17.5. The first kappa shape index (κ1) is 17.6. The molecule has 0 aliphatic carbocycles. The zero-order valence-electron chi connectivity index (χ0n) is 14.9. The minimum atomic E-state index is -0.325. The summed E-state index contributed by atoms with van der Waals surface area (Å²) in [6, 6.07) is 8.16. The number of carbonyl (C=O) groups excluding carboxylic acids is 1. The van der Waals surface area contributed by atoms with Crippen molar-refractivity contribution in [1.82, 2.24) is 14.3 Å². The van der Waals surface area contributed by atoms with Crippen LogP contribution in [0.5, 0.6) is 0 Å². The Morgan fingerprint density at radius 1 is 1.36 bits per heavy atom. The van der Waals surface area contributed by atoms with E-state index in [1.165, 1.54) is 16.9 Å². The zero-order valence-corrected chi connectivity index (χ0v) is 15.7. The normalized spacial score (nSPS) is 12.4. The molecule has 7 heteroatoms. The zero-order chi connectivity index (χ0) is 18.0. The summed E-state index contributed by atoms with van der Waals surface area (Å²) >= 11 is 1.51. The molecule has 0 saturated carbocycles. The van der Waals surface area contributed by atoms with E-state index in [0.717, 1.165) is 10.2 Å². The number of benzene rings is 1. The highest BCUT2D eigenvalue weighted by atomic mass is 32.1. The highest BCUT2D eigenvalue weighted by Gasteiger charge is 2.12. The van der Waals surface area contributed by atoms with Gasteiger partial charge in [0.05, 0.1) is 16.8 Å². The lowest BCUT2D eigenvalue weighted by molar-refractivity contribution is 0.0991. The Balaban J connectivity index is 2.05. The van der Waals surface area contributed by atoms with Crippen LogP contribution in [0.1, 0.15) is 35.9 Å². The van der Waals surface area contributed by atoms with E-state index in [0.29, 0.717) is 23.6 Å². The average molecular weight is 358 g/mol. The van der Waals surface area contributed by atoms with E-state index in [-0.39, 0.29) is 11.9 Å². The maximum absolute atomic E-state index is 12.5. The van der Waals surface area contributed by atoms with Crippen molar-refractivity contribution in [3.63, 3.8) is 0 Å². The standard InChI is InChI=1S/C18H22N4O2S/c1-12(2)22-8-7-14(20-22)17(23)19-18-21(9-10-24-4)15-6-5-13(3)11-16(15)25-18/h5-8,11-12H,9-10H2,1-4H3. The second-order valence-electron chi connectivity index (χ2n) is 6.19. The van der Waals surface area contributed by atoms with Crippen molar-refractivity contribution in [3.8, 4) is 0 Å². The molecule has 0 N–H and O–H groups in total. The van der Waals surface area contributed by atoms with Gasteiger partial charge in [-0.3, -0.25) is 9.48 Å². The first-order chi connectivity index (χ1) is 12.0. The van der Waals surface area contributed by atoms with Crippen LogP contribution < -0.4 is 4.80 Å². The topological polar surface area (TPSA) is 61.4 Å². The van der Waals surface area contributed by atoms with Crippen molar-refractivity contribution in [2.75, 3.05) is 13.7 Å². The molecule has 0 bridgehead atoms. The van der Waals surface area contributed by atoms with Crippen LogP contribution >= 0.6 is 11.3 Å². The Morgan fingerprint density at radius 3 is 2.84 bits per heavy atom. The second-order valence-corrected chi connectivity index (χ2v) is 7.20. The monoisotopic (exact) mass is 358 g/mol. The molecule has 0 unspecified atom stereocenters. The number of hydrogen-bond donors (Lipinski definition) is 0. The summed E-state index contributed by atoms with van der Waals surface area (Å²) in [7, 11) is 1.67. The molecular weight excluding hydrogens is 336 g/mol. The molecule has 25 heavy (non-hydrogen) atoms. The van der Waals surface area contributed by atoms with Gasteiger partial charge in [0.25, 0.3) is 5.91 Å². The van der Waals surface area contributed by atoms with Gasteiger partial charge in [0.1, 0.15) is 0 Å². The average Bonchev–Trinajstić information content (AvgIpc) is 3.17. The number of amides is 1. The molecule has 0 fully saturated rings.